The molecule has 1 amide bonds. The number of nitrogens with one attached hydrogen (secondary N) is 1. The molecule has 0 aliphatic heterocycles. The lowest BCUT2D eigenvalue weighted by Crippen LogP contribution is -2.11. The number of alkyl halides is 1. The van der Waals surface area contributed by atoms with Gasteiger partial charge >= 0.3 is 0 Å². The number of amides is 1. The molecule has 2 rings (SSSR count). The van der Waals surface area contributed by atoms with E-state index < -0.39 is 0 Å². The molecule has 0 radical (unpaired) electrons. The largest absolute Gasteiger partial charge is 0.322 e. The van der Waals surface area contributed by atoms with E-state index in [4.69, 9.17) is 11.6 Å². The van der Waals surface area contributed by atoms with Crippen molar-refractivity contribution in [2.75, 3.05) is 11.2 Å². The zero-order valence-corrected chi connectivity index (χ0v) is 10.8. The highest BCUT2D eigenvalue weighted by Gasteiger charge is 2.03. The van der Waals surface area contributed by atoms with Gasteiger partial charge in [0.15, 0.2) is 0 Å². The van der Waals surface area contributed by atoms with E-state index in [9.17, 15) is 4.79 Å². The third-order valence-corrected chi connectivity index (χ3v) is 2.75. The first-order valence-electron chi connectivity index (χ1n) is 5.61. The number of anilines is 1. The summed E-state index contributed by atoms with van der Waals surface area (Å²) in [6.45, 7) is 2.73. The van der Waals surface area contributed by atoms with Crippen molar-refractivity contribution in [1.82, 2.24) is 9.78 Å². The molecule has 0 bridgehead atoms. The fourth-order valence-corrected chi connectivity index (χ4v) is 1.66. The summed E-state index contributed by atoms with van der Waals surface area (Å²) in [5.41, 5.74) is 3.06. The summed E-state index contributed by atoms with van der Waals surface area (Å²) in [7, 11) is 0. The van der Waals surface area contributed by atoms with Crippen LogP contribution in [0.4, 0.5) is 5.69 Å². The van der Waals surface area contributed by atoms with Crippen LogP contribution in [0.2, 0.25) is 0 Å². The number of rotatable bonds is 4. The third-order valence-electron chi connectivity index (χ3n) is 2.50. The molecule has 1 aromatic carbocycles. The summed E-state index contributed by atoms with van der Waals surface area (Å²) in [5.74, 6) is -0.282. The minimum Gasteiger partial charge on any atom is -0.322 e. The fourth-order valence-electron chi connectivity index (χ4n) is 1.59. The minimum atomic E-state index is -0.230. The maximum Gasteiger partial charge on any atom is 0.239 e. The van der Waals surface area contributed by atoms with Gasteiger partial charge in [-0.2, -0.15) is 5.10 Å². The van der Waals surface area contributed by atoms with Crippen LogP contribution in [0.5, 0.6) is 0 Å². The lowest BCUT2D eigenvalue weighted by Gasteiger charge is -2.02. The summed E-state index contributed by atoms with van der Waals surface area (Å²) in [6.07, 6.45) is 3.39. The molecular weight excluding hydrogens is 250 g/mol. The van der Waals surface area contributed by atoms with E-state index in [0.717, 1.165) is 0 Å². The number of hydrogen-bond acceptors (Lipinski definition) is 2. The lowest BCUT2D eigenvalue weighted by atomic mass is 10.1. The van der Waals surface area contributed by atoms with Crippen molar-refractivity contribution in [2.45, 2.75) is 13.5 Å². The predicted molar refractivity (Wildman–Crippen MR) is 71.9 cm³/mol. The molecule has 1 N–H and O–H groups in total. The summed E-state index contributed by atoms with van der Waals surface area (Å²) in [6, 6.07) is 8.26. The average Bonchev–Trinajstić information content (AvgIpc) is 2.79. The predicted octanol–water partition coefficient (Wildman–Crippen LogP) is 2.42. The molecule has 0 fully saturated rings. The second kappa shape index (κ2) is 5.69. The maximum absolute atomic E-state index is 11.1. The molecule has 94 valence electrons. The zero-order chi connectivity index (χ0) is 13.0. The molecule has 0 saturated carbocycles. The normalized spacial score (nSPS) is 10.3. The van der Waals surface area contributed by atoms with E-state index in [1.165, 1.54) is 11.1 Å². The number of aromatic nitrogens is 2. The van der Waals surface area contributed by atoms with Crippen LogP contribution >= 0.6 is 11.6 Å². The van der Waals surface area contributed by atoms with Crippen molar-refractivity contribution in [2.24, 2.45) is 0 Å². The summed E-state index contributed by atoms with van der Waals surface area (Å²) in [5, 5.41) is 6.83. The van der Waals surface area contributed by atoms with Gasteiger partial charge in [0.1, 0.15) is 5.88 Å². The number of carbonyl (C=O) groups excluding carboxylic acids is 1. The lowest BCUT2D eigenvalue weighted by molar-refractivity contribution is -0.113. The SMILES string of the molecule is Cc1ccc(Cn2cc(NC(=O)CCl)cn2)cc1. The Morgan fingerprint density at radius 2 is 2.11 bits per heavy atom. The monoisotopic (exact) mass is 263 g/mol. The number of nitrogens with zero attached hydrogens (tertiary/aromatic N) is 2. The molecular formula is C13H14ClN3O. The standard InChI is InChI=1S/C13H14ClN3O/c1-10-2-4-11(5-3-10)8-17-9-12(7-15-17)16-13(18)6-14/h2-5,7,9H,6,8H2,1H3,(H,16,18). The van der Waals surface area contributed by atoms with Crippen LogP contribution in [0.3, 0.4) is 0 Å². The Bertz CT molecular complexity index is 533. The molecule has 0 unspecified atom stereocenters. The Labute approximate surface area is 111 Å². The fraction of sp³-hybridized carbons (Fsp3) is 0.231. The van der Waals surface area contributed by atoms with Gasteiger partial charge in [-0.25, -0.2) is 0 Å². The van der Waals surface area contributed by atoms with Gasteiger partial charge in [0.05, 0.1) is 18.4 Å². The number of halogens is 1. The molecule has 4 nitrogen and oxygen atoms in total. The second-order valence-corrected chi connectivity index (χ2v) is 4.36. The van der Waals surface area contributed by atoms with Crippen LogP contribution in [0.15, 0.2) is 36.7 Å². The van der Waals surface area contributed by atoms with Gasteiger partial charge in [-0.1, -0.05) is 29.8 Å². The summed E-state index contributed by atoms with van der Waals surface area (Å²) < 4.78 is 1.77. The second-order valence-electron chi connectivity index (χ2n) is 4.09. The van der Waals surface area contributed by atoms with Crippen molar-refractivity contribution >= 4 is 23.2 Å². The van der Waals surface area contributed by atoms with E-state index >= 15 is 0 Å². The molecule has 0 saturated heterocycles. The van der Waals surface area contributed by atoms with E-state index in [1.807, 2.05) is 0 Å². The topological polar surface area (TPSA) is 46.9 Å². The molecule has 2 aromatic rings. The Hall–Kier alpha value is -1.81. The molecule has 0 atom stereocenters. The highest BCUT2D eigenvalue weighted by molar-refractivity contribution is 6.29. The average molecular weight is 264 g/mol. The Kier molecular flexibility index (Phi) is 3.99. The van der Waals surface area contributed by atoms with Gasteiger partial charge < -0.3 is 5.32 Å². The molecule has 18 heavy (non-hydrogen) atoms. The number of benzene rings is 1. The van der Waals surface area contributed by atoms with Crippen molar-refractivity contribution in [3.8, 4) is 0 Å². The van der Waals surface area contributed by atoms with Crippen LogP contribution in [0, 0.1) is 6.92 Å². The number of aryl methyl sites for hydroxylation is 1. The number of hydrogen-bond donors (Lipinski definition) is 1. The van der Waals surface area contributed by atoms with E-state index in [1.54, 1.807) is 17.1 Å². The molecule has 0 spiro atoms. The van der Waals surface area contributed by atoms with Gasteiger partial charge in [0.25, 0.3) is 0 Å². The minimum absolute atomic E-state index is 0.0524. The van der Waals surface area contributed by atoms with Crippen LogP contribution < -0.4 is 5.32 Å². The molecule has 0 aliphatic rings. The quantitative estimate of drug-likeness (QED) is 0.861. The Balaban J connectivity index is 2.02. The van der Waals surface area contributed by atoms with Crippen molar-refractivity contribution in [1.29, 1.82) is 0 Å². The summed E-state index contributed by atoms with van der Waals surface area (Å²) >= 11 is 5.41. The highest BCUT2D eigenvalue weighted by atomic mass is 35.5. The Morgan fingerprint density at radius 1 is 1.39 bits per heavy atom. The van der Waals surface area contributed by atoms with Gasteiger partial charge in [-0.05, 0) is 12.5 Å². The van der Waals surface area contributed by atoms with E-state index in [2.05, 4.69) is 41.6 Å². The van der Waals surface area contributed by atoms with Crippen LogP contribution in [0.25, 0.3) is 0 Å². The van der Waals surface area contributed by atoms with Crippen molar-refractivity contribution in [3.63, 3.8) is 0 Å². The first kappa shape index (κ1) is 12.6. The summed E-state index contributed by atoms with van der Waals surface area (Å²) in [4.78, 5) is 11.1. The van der Waals surface area contributed by atoms with Crippen molar-refractivity contribution < 1.29 is 4.79 Å². The van der Waals surface area contributed by atoms with Crippen LogP contribution in [0.1, 0.15) is 11.1 Å². The molecule has 0 aliphatic carbocycles. The zero-order valence-electron chi connectivity index (χ0n) is 10.1. The molecule has 5 heteroatoms. The van der Waals surface area contributed by atoms with Gasteiger partial charge in [0, 0.05) is 6.20 Å². The Morgan fingerprint density at radius 3 is 2.78 bits per heavy atom. The van der Waals surface area contributed by atoms with Gasteiger partial charge in [0.2, 0.25) is 5.91 Å². The van der Waals surface area contributed by atoms with Gasteiger partial charge in [-0.3, -0.25) is 9.48 Å². The van der Waals surface area contributed by atoms with E-state index in [0.29, 0.717) is 12.2 Å². The maximum atomic E-state index is 11.1. The first-order chi connectivity index (χ1) is 8.67. The van der Waals surface area contributed by atoms with Crippen molar-refractivity contribution in [3.05, 3.63) is 47.8 Å². The molecule has 1 aromatic heterocycles. The smallest absolute Gasteiger partial charge is 0.239 e. The first-order valence-corrected chi connectivity index (χ1v) is 6.14. The highest BCUT2D eigenvalue weighted by Crippen LogP contribution is 2.09. The van der Waals surface area contributed by atoms with Gasteiger partial charge in [-0.15, -0.1) is 11.6 Å². The number of carbonyl (C=O) groups is 1. The van der Waals surface area contributed by atoms with Crippen LogP contribution in [-0.4, -0.2) is 21.6 Å². The van der Waals surface area contributed by atoms with E-state index in [-0.39, 0.29) is 11.8 Å². The third kappa shape index (κ3) is 3.34. The van der Waals surface area contributed by atoms with Crippen LogP contribution in [-0.2, 0) is 11.3 Å². The molecule has 1 heterocycles.